The molecule has 0 fully saturated rings. The fourth-order valence-corrected chi connectivity index (χ4v) is 1.67. The highest BCUT2D eigenvalue weighted by atomic mass is 16.5. The molecule has 0 saturated heterocycles. The minimum absolute atomic E-state index is 0.116. The van der Waals surface area contributed by atoms with Crippen molar-refractivity contribution in [3.63, 3.8) is 0 Å². The molecule has 0 radical (unpaired) electrons. The van der Waals surface area contributed by atoms with Gasteiger partial charge in [0, 0.05) is 19.3 Å². The molecule has 0 aliphatic rings. The van der Waals surface area contributed by atoms with Crippen molar-refractivity contribution < 1.29 is 19.1 Å². The van der Waals surface area contributed by atoms with Gasteiger partial charge in [-0.15, -0.1) is 0 Å². The van der Waals surface area contributed by atoms with Gasteiger partial charge in [0.15, 0.2) is 0 Å². The maximum absolute atomic E-state index is 11.5. The molecule has 1 rings (SSSR count). The number of carbonyl (C=O) groups excluding carboxylic acids is 2. The number of methoxy groups -OCH3 is 2. The Morgan fingerprint density at radius 3 is 2.47 bits per heavy atom. The molecule has 1 heterocycles. The molecule has 94 valence electrons. The summed E-state index contributed by atoms with van der Waals surface area (Å²) < 4.78 is 10.9. The molecule has 17 heavy (non-hydrogen) atoms. The Bertz CT molecular complexity index is 425. The molecule has 2 N–H and O–H groups in total. The van der Waals surface area contributed by atoms with Crippen LogP contribution in [0.15, 0.2) is 12.1 Å². The SMILES string of the molecule is COC(=O)c1ccc(C(CN)C(=O)OC)n1C. The summed E-state index contributed by atoms with van der Waals surface area (Å²) >= 11 is 0. The van der Waals surface area contributed by atoms with Crippen molar-refractivity contribution in [2.24, 2.45) is 12.8 Å². The second-order valence-corrected chi connectivity index (χ2v) is 3.51. The van der Waals surface area contributed by atoms with Gasteiger partial charge in [0.25, 0.3) is 0 Å². The summed E-state index contributed by atoms with van der Waals surface area (Å²) in [5.41, 5.74) is 6.53. The predicted molar refractivity (Wildman–Crippen MR) is 60.6 cm³/mol. The van der Waals surface area contributed by atoms with Gasteiger partial charge in [0.2, 0.25) is 0 Å². The third-order valence-electron chi connectivity index (χ3n) is 2.63. The number of ether oxygens (including phenoxy) is 2. The van der Waals surface area contributed by atoms with Gasteiger partial charge >= 0.3 is 11.9 Å². The smallest absolute Gasteiger partial charge is 0.354 e. The Labute approximate surface area is 99.3 Å². The lowest BCUT2D eigenvalue weighted by Gasteiger charge is -2.14. The molecule has 0 spiro atoms. The molecule has 0 amide bonds. The average molecular weight is 240 g/mol. The van der Waals surface area contributed by atoms with E-state index in [0.717, 1.165) is 0 Å². The second kappa shape index (κ2) is 5.49. The molecule has 1 aromatic heterocycles. The van der Waals surface area contributed by atoms with Gasteiger partial charge in [0.05, 0.1) is 14.2 Å². The fraction of sp³-hybridized carbons (Fsp3) is 0.455. The van der Waals surface area contributed by atoms with Crippen molar-refractivity contribution in [2.75, 3.05) is 20.8 Å². The number of nitrogens with zero attached hydrogens (tertiary/aromatic N) is 1. The lowest BCUT2D eigenvalue weighted by Crippen LogP contribution is -2.25. The van der Waals surface area contributed by atoms with Gasteiger partial charge in [-0.25, -0.2) is 4.79 Å². The largest absolute Gasteiger partial charge is 0.468 e. The maximum Gasteiger partial charge on any atom is 0.354 e. The highest BCUT2D eigenvalue weighted by Gasteiger charge is 2.24. The van der Waals surface area contributed by atoms with E-state index < -0.39 is 17.9 Å². The molecule has 0 aliphatic heterocycles. The first-order chi connectivity index (χ1) is 8.06. The highest BCUT2D eigenvalue weighted by Crippen LogP contribution is 2.19. The second-order valence-electron chi connectivity index (χ2n) is 3.51. The van der Waals surface area contributed by atoms with Gasteiger partial charge in [-0.3, -0.25) is 4.79 Å². The Kier molecular flexibility index (Phi) is 4.28. The Balaban J connectivity index is 3.10. The van der Waals surface area contributed by atoms with Gasteiger partial charge in [-0.1, -0.05) is 0 Å². The molecular formula is C11H16N2O4. The normalized spacial score (nSPS) is 12.0. The molecule has 0 aliphatic carbocycles. The highest BCUT2D eigenvalue weighted by molar-refractivity contribution is 5.88. The zero-order valence-corrected chi connectivity index (χ0v) is 10.1. The third-order valence-corrected chi connectivity index (χ3v) is 2.63. The Morgan fingerprint density at radius 1 is 1.35 bits per heavy atom. The van der Waals surface area contributed by atoms with Gasteiger partial charge < -0.3 is 19.8 Å². The first-order valence-electron chi connectivity index (χ1n) is 5.08. The number of nitrogens with two attached hydrogens (primary N) is 1. The van der Waals surface area contributed by atoms with Crippen LogP contribution in [0, 0.1) is 0 Å². The molecule has 1 atom stereocenters. The standard InChI is InChI=1S/C11H16N2O4/c1-13-8(7(6-12)10(14)16-2)4-5-9(13)11(15)17-3/h4-5,7H,6,12H2,1-3H3. The monoisotopic (exact) mass is 240 g/mol. The Hall–Kier alpha value is -1.82. The van der Waals surface area contributed by atoms with Gasteiger partial charge in [-0.2, -0.15) is 0 Å². The zero-order valence-electron chi connectivity index (χ0n) is 10.1. The first kappa shape index (κ1) is 13.2. The van der Waals surface area contributed by atoms with Gasteiger partial charge in [0.1, 0.15) is 11.6 Å². The van der Waals surface area contributed by atoms with Crippen LogP contribution in [-0.2, 0) is 21.3 Å². The summed E-state index contributed by atoms with van der Waals surface area (Å²) in [7, 11) is 4.28. The van der Waals surface area contributed by atoms with Crippen LogP contribution in [0.4, 0.5) is 0 Å². The van der Waals surface area contributed by atoms with Crippen LogP contribution in [0.1, 0.15) is 22.1 Å². The average Bonchev–Trinajstić information content (AvgIpc) is 2.71. The first-order valence-corrected chi connectivity index (χ1v) is 5.08. The van der Waals surface area contributed by atoms with Crippen LogP contribution < -0.4 is 5.73 Å². The molecule has 6 nitrogen and oxygen atoms in total. The molecule has 0 bridgehead atoms. The number of aromatic nitrogens is 1. The fourth-order valence-electron chi connectivity index (χ4n) is 1.67. The Morgan fingerprint density at radius 2 is 2.00 bits per heavy atom. The van der Waals surface area contributed by atoms with E-state index in [2.05, 4.69) is 9.47 Å². The number of rotatable bonds is 4. The summed E-state index contributed by atoms with van der Waals surface area (Å²) in [6.07, 6.45) is 0. The quantitative estimate of drug-likeness (QED) is 0.750. The van der Waals surface area contributed by atoms with Crippen molar-refractivity contribution in [2.45, 2.75) is 5.92 Å². The molecule has 1 unspecified atom stereocenters. The molecular weight excluding hydrogens is 224 g/mol. The lowest BCUT2D eigenvalue weighted by molar-refractivity contribution is -0.142. The zero-order chi connectivity index (χ0) is 13.0. The van der Waals surface area contributed by atoms with Crippen LogP contribution in [-0.4, -0.2) is 37.3 Å². The van der Waals surface area contributed by atoms with Crippen molar-refractivity contribution in [1.82, 2.24) is 4.57 Å². The van der Waals surface area contributed by atoms with E-state index in [9.17, 15) is 9.59 Å². The third kappa shape index (κ3) is 2.47. The molecule has 0 saturated carbocycles. The van der Waals surface area contributed by atoms with Crippen molar-refractivity contribution in [1.29, 1.82) is 0 Å². The van der Waals surface area contributed by atoms with E-state index in [1.54, 1.807) is 23.7 Å². The van der Waals surface area contributed by atoms with Crippen molar-refractivity contribution in [3.8, 4) is 0 Å². The van der Waals surface area contributed by atoms with E-state index in [0.29, 0.717) is 11.4 Å². The number of esters is 2. The van der Waals surface area contributed by atoms with Gasteiger partial charge in [-0.05, 0) is 12.1 Å². The minimum atomic E-state index is -0.580. The number of hydrogen-bond acceptors (Lipinski definition) is 5. The van der Waals surface area contributed by atoms with E-state index in [4.69, 9.17) is 5.73 Å². The summed E-state index contributed by atoms with van der Waals surface area (Å²) in [6, 6.07) is 3.26. The lowest BCUT2D eigenvalue weighted by atomic mass is 10.1. The molecule has 0 aromatic carbocycles. The summed E-state index contributed by atoms with van der Waals surface area (Å²) in [5.74, 6) is -1.46. The van der Waals surface area contributed by atoms with E-state index in [-0.39, 0.29) is 6.54 Å². The number of carbonyl (C=O) groups is 2. The van der Waals surface area contributed by atoms with Crippen molar-refractivity contribution in [3.05, 3.63) is 23.5 Å². The molecule has 1 aromatic rings. The summed E-state index contributed by atoms with van der Waals surface area (Å²) in [4.78, 5) is 22.9. The van der Waals surface area contributed by atoms with E-state index >= 15 is 0 Å². The van der Waals surface area contributed by atoms with E-state index in [1.165, 1.54) is 14.2 Å². The van der Waals surface area contributed by atoms with Crippen LogP contribution in [0.5, 0.6) is 0 Å². The van der Waals surface area contributed by atoms with Crippen LogP contribution in [0.3, 0.4) is 0 Å². The van der Waals surface area contributed by atoms with Crippen LogP contribution >= 0.6 is 0 Å². The minimum Gasteiger partial charge on any atom is -0.468 e. The summed E-state index contributed by atoms with van der Waals surface area (Å²) in [5, 5.41) is 0. The predicted octanol–water partition coefficient (Wildman–Crippen LogP) is 0.0270. The summed E-state index contributed by atoms with van der Waals surface area (Å²) in [6.45, 7) is 0.116. The van der Waals surface area contributed by atoms with Crippen molar-refractivity contribution >= 4 is 11.9 Å². The molecule has 6 heteroatoms. The maximum atomic E-state index is 11.5. The number of hydrogen-bond donors (Lipinski definition) is 1. The topological polar surface area (TPSA) is 83.6 Å². The van der Waals surface area contributed by atoms with Crippen LogP contribution in [0.2, 0.25) is 0 Å². The van der Waals surface area contributed by atoms with Crippen LogP contribution in [0.25, 0.3) is 0 Å². The van der Waals surface area contributed by atoms with E-state index in [1.807, 2.05) is 0 Å².